The predicted octanol–water partition coefficient (Wildman–Crippen LogP) is 4.74. The molecule has 2 heterocycles. The topological polar surface area (TPSA) is 66.9 Å². The molecular formula is C16H12ClF3N4OS. The largest absolute Gasteiger partial charge is 0.416 e. The summed E-state index contributed by atoms with van der Waals surface area (Å²) in [5.41, 5.74) is 5.62. The number of carbonyl (C=O) groups excluding carboxylic acids is 1. The van der Waals surface area contributed by atoms with Gasteiger partial charge >= 0.3 is 6.18 Å². The molecule has 10 heteroatoms. The Labute approximate surface area is 155 Å². The lowest BCUT2D eigenvalue weighted by molar-refractivity contribution is -0.137. The molecule has 1 amide bonds. The summed E-state index contributed by atoms with van der Waals surface area (Å²) in [7, 11) is 0. The van der Waals surface area contributed by atoms with E-state index in [9.17, 15) is 18.0 Å². The molecule has 0 saturated heterocycles. The molecule has 0 radical (unpaired) electrons. The maximum atomic E-state index is 12.8. The van der Waals surface area contributed by atoms with Crippen molar-refractivity contribution < 1.29 is 18.0 Å². The van der Waals surface area contributed by atoms with Crippen LogP contribution in [0.25, 0.3) is 10.1 Å². The molecule has 0 unspecified atom stereocenters. The first kappa shape index (κ1) is 18.4. The van der Waals surface area contributed by atoms with Gasteiger partial charge < -0.3 is 0 Å². The molecule has 0 aliphatic heterocycles. The second kappa shape index (κ2) is 6.73. The van der Waals surface area contributed by atoms with Crippen molar-refractivity contribution in [3.63, 3.8) is 0 Å². The van der Waals surface area contributed by atoms with E-state index in [4.69, 9.17) is 11.6 Å². The fourth-order valence-electron chi connectivity index (χ4n) is 2.34. The lowest BCUT2D eigenvalue weighted by Gasteiger charge is -2.07. The third kappa shape index (κ3) is 3.73. The third-order valence-corrected chi connectivity index (χ3v) is 5.09. The number of amides is 1. The average Bonchev–Trinajstić information content (AvgIpc) is 2.87. The summed E-state index contributed by atoms with van der Waals surface area (Å²) in [5, 5.41) is 0.483. The number of halogens is 4. The molecule has 5 nitrogen and oxygen atoms in total. The normalized spacial score (nSPS) is 11.6. The number of benzene rings is 1. The lowest BCUT2D eigenvalue weighted by atomic mass is 10.1. The van der Waals surface area contributed by atoms with Crippen molar-refractivity contribution in [1.82, 2.24) is 15.4 Å². The number of carbonyl (C=O) groups is 1. The Morgan fingerprint density at radius 3 is 2.42 bits per heavy atom. The van der Waals surface area contributed by atoms with Gasteiger partial charge in [-0.05, 0) is 32.0 Å². The number of nitrogens with one attached hydrogen (secondary N) is 2. The van der Waals surface area contributed by atoms with Crippen LogP contribution in [0.2, 0.25) is 5.02 Å². The molecular weight excluding hydrogens is 389 g/mol. The summed E-state index contributed by atoms with van der Waals surface area (Å²) < 4.78 is 38.7. The maximum absolute atomic E-state index is 12.8. The fourth-order valence-corrected chi connectivity index (χ4v) is 3.79. The van der Waals surface area contributed by atoms with Crippen LogP contribution >= 0.6 is 22.9 Å². The minimum atomic E-state index is -4.46. The minimum Gasteiger partial charge on any atom is -0.266 e. The number of hydrogen-bond donors (Lipinski definition) is 2. The number of hydrazine groups is 1. The van der Waals surface area contributed by atoms with Gasteiger partial charge in [-0.15, -0.1) is 11.3 Å². The number of nitrogens with zero attached hydrogens (tertiary/aromatic N) is 2. The summed E-state index contributed by atoms with van der Waals surface area (Å²) in [6.07, 6.45) is -4.46. The van der Waals surface area contributed by atoms with Crippen molar-refractivity contribution in [2.45, 2.75) is 20.0 Å². The standard InChI is InChI=1S/C16H12ClF3N4OS/c1-7-5-8(2)22-15(21-7)24-23-14(25)13-12(17)10-4-3-9(16(18,19)20)6-11(10)26-13/h3-6H,1-2H3,(H,23,25)(H,21,22,24). The first-order chi connectivity index (χ1) is 12.1. The Balaban J connectivity index is 1.85. The van der Waals surface area contributed by atoms with Gasteiger partial charge in [0.25, 0.3) is 5.91 Å². The van der Waals surface area contributed by atoms with E-state index >= 15 is 0 Å². The van der Waals surface area contributed by atoms with E-state index in [2.05, 4.69) is 20.8 Å². The molecule has 0 saturated carbocycles. The highest BCUT2D eigenvalue weighted by atomic mass is 35.5. The van der Waals surface area contributed by atoms with E-state index in [-0.39, 0.29) is 20.5 Å². The first-order valence-corrected chi connectivity index (χ1v) is 8.52. The molecule has 1 aromatic carbocycles. The van der Waals surface area contributed by atoms with Crippen molar-refractivity contribution in [2.75, 3.05) is 5.43 Å². The van der Waals surface area contributed by atoms with E-state index < -0.39 is 17.6 Å². The van der Waals surface area contributed by atoms with E-state index in [1.165, 1.54) is 6.07 Å². The summed E-state index contributed by atoms with van der Waals surface area (Å²) in [5.74, 6) is -0.389. The molecule has 3 rings (SSSR count). The zero-order valence-electron chi connectivity index (χ0n) is 13.5. The number of aryl methyl sites for hydroxylation is 2. The van der Waals surface area contributed by atoms with Gasteiger partial charge in [-0.3, -0.25) is 15.6 Å². The van der Waals surface area contributed by atoms with Crippen molar-refractivity contribution >= 4 is 44.9 Å². The second-order valence-corrected chi connectivity index (χ2v) is 6.94. The van der Waals surface area contributed by atoms with E-state index in [0.717, 1.165) is 23.5 Å². The smallest absolute Gasteiger partial charge is 0.266 e. The van der Waals surface area contributed by atoms with Crippen molar-refractivity contribution in [2.24, 2.45) is 0 Å². The number of alkyl halides is 3. The van der Waals surface area contributed by atoms with E-state index in [1.54, 1.807) is 19.9 Å². The molecule has 0 aliphatic carbocycles. The zero-order chi connectivity index (χ0) is 19.1. The first-order valence-electron chi connectivity index (χ1n) is 7.33. The molecule has 0 atom stereocenters. The SMILES string of the molecule is Cc1cc(C)nc(NNC(=O)c2sc3cc(C(F)(F)F)ccc3c2Cl)n1. The van der Waals surface area contributed by atoms with Crippen LogP contribution in [0.1, 0.15) is 26.6 Å². The second-order valence-electron chi connectivity index (χ2n) is 5.51. The quantitative estimate of drug-likeness (QED) is 0.623. The van der Waals surface area contributed by atoms with Crippen LogP contribution in [-0.2, 0) is 6.18 Å². The van der Waals surface area contributed by atoms with Crippen LogP contribution in [0.15, 0.2) is 24.3 Å². The third-order valence-electron chi connectivity index (χ3n) is 3.43. The van der Waals surface area contributed by atoms with Gasteiger partial charge in [0, 0.05) is 21.5 Å². The predicted molar refractivity (Wildman–Crippen MR) is 94.4 cm³/mol. The molecule has 3 aromatic rings. The monoisotopic (exact) mass is 400 g/mol. The summed E-state index contributed by atoms with van der Waals surface area (Å²) in [6.45, 7) is 3.56. The summed E-state index contributed by atoms with van der Waals surface area (Å²) in [4.78, 5) is 20.7. The van der Waals surface area contributed by atoms with Crippen molar-refractivity contribution in [3.8, 4) is 0 Å². The van der Waals surface area contributed by atoms with Crippen LogP contribution in [0.5, 0.6) is 0 Å². The van der Waals surface area contributed by atoms with Gasteiger partial charge in [0.2, 0.25) is 5.95 Å². The molecule has 2 N–H and O–H groups in total. The van der Waals surface area contributed by atoms with Crippen LogP contribution < -0.4 is 10.9 Å². The average molecular weight is 401 g/mol. The number of hydrogen-bond acceptors (Lipinski definition) is 5. The van der Waals surface area contributed by atoms with E-state index in [1.807, 2.05) is 0 Å². The highest BCUT2D eigenvalue weighted by molar-refractivity contribution is 7.21. The summed E-state index contributed by atoms with van der Waals surface area (Å²) >= 11 is 7.04. The Kier molecular flexibility index (Phi) is 4.76. The zero-order valence-corrected chi connectivity index (χ0v) is 15.1. The van der Waals surface area contributed by atoms with Gasteiger partial charge in [-0.1, -0.05) is 17.7 Å². The van der Waals surface area contributed by atoms with E-state index in [0.29, 0.717) is 16.8 Å². The van der Waals surface area contributed by atoms with Crippen LogP contribution in [0.4, 0.5) is 19.1 Å². The maximum Gasteiger partial charge on any atom is 0.416 e. The number of rotatable bonds is 3. The molecule has 26 heavy (non-hydrogen) atoms. The van der Waals surface area contributed by atoms with Gasteiger partial charge in [-0.25, -0.2) is 9.97 Å². The summed E-state index contributed by atoms with van der Waals surface area (Å²) in [6, 6.07) is 4.94. The molecule has 0 fully saturated rings. The number of fused-ring (bicyclic) bond motifs is 1. The Hall–Kier alpha value is -2.39. The highest BCUT2D eigenvalue weighted by Gasteiger charge is 2.31. The number of anilines is 1. The molecule has 0 bridgehead atoms. The Morgan fingerprint density at radius 1 is 1.15 bits per heavy atom. The molecule has 136 valence electrons. The lowest BCUT2D eigenvalue weighted by Crippen LogP contribution is -2.30. The highest BCUT2D eigenvalue weighted by Crippen LogP contribution is 2.39. The fraction of sp³-hybridized carbons (Fsp3) is 0.188. The van der Waals surface area contributed by atoms with Crippen molar-refractivity contribution in [1.29, 1.82) is 0 Å². The van der Waals surface area contributed by atoms with Gasteiger partial charge in [-0.2, -0.15) is 13.2 Å². The van der Waals surface area contributed by atoms with Crippen LogP contribution in [0, 0.1) is 13.8 Å². The number of thiophene rings is 1. The minimum absolute atomic E-state index is 0.0952. The van der Waals surface area contributed by atoms with Gasteiger partial charge in [0.1, 0.15) is 4.88 Å². The van der Waals surface area contributed by atoms with Gasteiger partial charge in [0.05, 0.1) is 10.6 Å². The molecule has 0 spiro atoms. The van der Waals surface area contributed by atoms with Crippen molar-refractivity contribution in [3.05, 3.63) is 51.1 Å². The van der Waals surface area contributed by atoms with Crippen LogP contribution in [0.3, 0.4) is 0 Å². The molecule has 2 aromatic heterocycles. The Bertz CT molecular complexity index is 983. The van der Waals surface area contributed by atoms with Crippen LogP contribution in [-0.4, -0.2) is 15.9 Å². The molecule has 0 aliphatic rings. The van der Waals surface area contributed by atoms with Gasteiger partial charge in [0.15, 0.2) is 0 Å². The Morgan fingerprint density at radius 2 is 1.81 bits per heavy atom. The number of aromatic nitrogens is 2.